The van der Waals surface area contributed by atoms with E-state index in [0.717, 1.165) is 10.4 Å². The van der Waals surface area contributed by atoms with Gasteiger partial charge in [-0.25, -0.2) is 0 Å². The highest BCUT2D eigenvalue weighted by Crippen LogP contribution is 2.17. The minimum Gasteiger partial charge on any atom is -0.481 e. The average molecular weight is 262 g/mol. The second-order valence-electron chi connectivity index (χ2n) is 3.90. The number of carbonyl (C=O) groups is 1. The Balaban J connectivity index is 1.93. The summed E-state index contributed by atoms with van der Waals surface area (Å²) in [4.78, 5) is 12.3. The van der Waals surface area contributed by atoms with E-state index < -0.39 is 11.9 Å². The van der Waals surface area contributed by atoms with Gasteiger partial charge in [0, 0.05) is 4.88 Å². The van der Waals surface area contributed by atoms with Crippen molar-refractivity contribution in [2.24, 2.45) is 0 Å². The van der Waals surface area contributed by atoms with Crippen molar-refractivity contribution in [3.05, 3.63) is 58.3 Å². The molecule has 0 saturated heterocycles. The number of hydrogen-bond acceptors (Lipinski definition) is 3. The molecule has 0 bridgehead atoms. The Morgan fingerprint density at radius 1 is 1.22 bits per heavy atom. The fourth-order valence-corrected chi connectivity index (χ4v) is 2.31. The van der Waals surface area contributed by atoms with Crippen molar-refractivity contribution < 1.29 is 14.6 Å². The van der Waals surface area contributed by atoms with Gasteiger partial charge in [0.2, 0.25) is 0 Å². The molecule has 4 heteroatoms. The van der Waals surface area contributed by atoms with Crippen molar-refractivity contribution in [2.45, 2.75) is 12.5 Å². The van der Waals surface area contributed by atoms with Gasteiger partial charge in [-0.05, 0) is 17.0 Å². The highest BCUT2D eigenvalue weighted by molar-refractivity contribution is 7.09. The number of rotatable bonds is 6. The summed E-state index contributed by atoms with van der Waals surface area (Å²) in [7, 11) is 0. The first-order valence-corrected chi connectivity index (χ1v) is 6.53. The van der Waals surface area contributed by atoms with E-state index in [0.29, 0.717) is 6.61 Å². The van der Waals surface area contributed by atoms with E-state index in [4.69, 9.17) is 4.74 Å². The first-order chi connectivity index (χ1) is 8.77. The molecule has 2 aromatic rings. The lowest BCUT2D eigenvalue weighted by Crippen LogP contribution is -2.17. The maximum Gasteiger partial charge on any atom is 0.313 e. The summed E-state index contributed by atoms with van der Waals surface area (Å²) in [5, 5.41) is 11.2. The molecule has 0 fully saturated rings. The number of carboxylic acids is 1. The second-order valence-corrected chi connectivity index (χ2v) is 4.93. The van der Waals surface area contributed by atoms with Crippen molar-refractivity contribution in [1.82, 2.24) is 0 Å². The third-order valence-electron chi connectivity index (χ3n) is 2.61. The topological polar surface area (TPSA) is 46.5 Å². The Kier molecular flexibility index (Phi) is 4.50. The standard InChI is InChI=1S/C14H14O3S/c15-14(16)13(11-5-2-1-3-6-11)10-17-9-12-7-4-8-18-12/h1-8,13H,9-10H2,(H,15,16). The molecule has 0 spiro atoms. The predicted octanol–water partition coefficient (Wildman–Crippen LogP) is 3.13. The van der Waals surface area contributed by atoms with Crippen LogP contribution in [-0.4, -0.2) is 17.7 Å². The van der Waals surface area contributed by atoms with Gasteiger partial charge in [-0.15, -0.1) is 11.3 Å². The average Bonchev–Trinajstić information content (AvgIpc) is 2.88. The van der Waals surface area contributed by atoms with E-state index in [1.54, 1.807) is 11.3 Å². The van der Waals surface area contributed by atoms with Crippen LogP contribution < -0.4 is 0 Å². The molecule has 0 aliphatic rings. The summed E-state index contributed by atoms with van der Waals surface area (Å²) < 4.78 is 5.49. The molecule has 1 aromatic heterocycles. The first kappa shape index (κ1) is 12.8. The van der Waals surface area contributed by atoms with Crippen molar-refractivity contribution in [1.29, 1.82) is 0 Å². The molecule has 2 rings (SSSR count). The van der Waals surface area contributed by atoms with Crippen molar-refractivity contribution in [2.75, 3.05) is 6.61 Å². The normalized spacial score (nSPS) is 12.2. The van der Waals surface area contributed by atoms with Crippen LogP contribution in [0.25, 0.3) is 0 Å². The predicted molar refractivity (Wildman–Crippen MR) is 70.8 cm³/mol. The lowest BCUT2D eigenvalue weighted by atomic mass is 10.0. The van der Waals surface area contributed by atoms with Crippen LogP contribution in [0.4, 0.5) is 0 Å². The van der Waals surface area contributed by atoms with E-state index in [2.05, 4.69) is 0 Å². The van der Waals surface area contributed by atoms with Crippen LogP contribution in [0.3, 0.4) is 0 Å². The van der Waals surface area contributed by atoms with Gasteiger partial charge in [0.25, 0.3) is 0 Å². The van der Waals surface area contributed by atoms with E-state index in [9.17, 15) is 9.90 Å². The molecule has 1 atom stereocenters. The SMILES string of the molecule is O=C(O)C(COCc1cccs1)c1ccccc1. The van der Waals surface area contributed by atoms with E-state index in [1.165, 1.54) is 0 Å². The lowest BCUT2D eigenvalue weighted by molar-refractivity contribution is -0.140. The van der Waals surface area contributed by atoms with Crippen LogP contribution in [0.5, 0.6) is 0 Å². The van der Waals surface area contributed by atoms with Gasteiger partial charge in [0.1, 0.15) is 5.92 Å². The van der Waals surface area contributed by atoms with Crippen molar-refractivity contribution >= 4 is 17.3 Å². The smallest absolute Gasteiger partial charge is 0.313 e. The minimum absolute atomic E-state index is 0.192. The van der Waals surface area contributed by atoms with Gasteiger partial charge in [-0.2, -0.15) is 0 Å². The zero-order chi connectivity index (χ0) is 12.8. The molecule has 1 aromatic carbocycles. The largest absolute Gasteiger partial charge is 0.481 e. The summed E-state index contributed by atoms with van der Waals surface area (Å²) >= 11 is 1.61. The number of thiophene rings is 1. The van der Waals surface area contributed by atoms with E-state index in [1.807, 2.05) is 47.8 Å². The van der Waals surface area contributed by atoms with Gasteiger partial charge < -0.3 is 9.84 Å². The summed E-state index contributed by atoms with van der Waals surface area (Å²) in [6, 6.07) is 13.1. The van der Waals surface area contributed by atoms with Gasteiger partial charge in [0.15, 0.2) is 0 Å². The molecule has 0 radical (unpaired) electrons. The van der Waals surface area contributed by atoms with Crippen LogP contribution in [-0.2, 0) is 16.1 Å². The molecule has 0 saturated carbocycles. The summed E-state index contributed by atoms with van der Waals surface area (Å²) in [6.45, 7) is 0.658. The van der Waals surface area contributed by atoms with Crippen LogP contribution in [0.2, 0.25) is 0 Å². The van der Waals surface area contributed by atoms with Crippen LogP contribution in [0.1, 0.15) is 16.4 Å². The molecule has 0 aliphatic carbocycles. The van der Waals surface area contributed by atoms with Crippen molar-refractivity contribution in [3.8, 4) is 0 Å². The quantitative estimate of drug-likeness (QED) is 0.870. The Bertz CT molecular complexity index is 479. The molecule has 3 nitrogen and oxygen atoms in total. The van der Waals surface area contributed by atoms with Crippen LogP contribution in [0.15, 0.2) is 47.8 Å². The van der Waals surface area contributed by atoms with Gasteiger partial charge in [0.05, 0.1) is 13.2 Å². The second kappa shape index (κ2) is 6.33. The number of ether oxygens (including phenoxy) is 1. The van der Waals surface area contributed by atoms with Crippen LogP contribution >= 0.6 is 11.3 Å². The zero-order valence-corrected chi connectivity index (χ0v) is 10.6. The summed E-state index contributed by atoms with van der Waals surface area (Å²) in [6.07, 6.45) is 0. The minimum atomic E-state index is -0.854. The maximum absolute atomic E-state index is 11.2. The number of carboxylic acid groups (broad SMARTS) is 1. The summed E-state index contributed by atoms with van der Waals surface area (Å²) in [5.41, 5.74) is 0.774. The zero-order valence-electron chi connectivity index (χ0n) is 9.78. The fraction of sp³-hybridized carbons (Fsp3) is 0.214. The van der Waals surface area contributed by atoms with Crippen molar-refractivity contribution in [3.63, 3.8) is 0 Å². The third-order valence-corrected chi connectivity index (χ3v) is 3.46. The molecule has 18 heavy (non-hydrogen) atoms. The van der Waals surface area contributed by atoms with Gasteiger partial charge >= 0.3 is 5.97 Å². The Labute approximate surface area is 110 Å². The van der Waals surface area contributed by atoms with Gasteiger partial charge in [-0.1, -0.05) is 36.4 Å². The molecular formula is C14H14O3S. The Morgan fingerprint density at radius 2 is 2.00 bits per heavy atom. The Morgan fingerprint density at radius 3 is 2.61 bits per heavy atom. The molecule has 1 unspecified atom stereocenters. The molecule has 1 N–H and O–H groups in total. The molecular weight excluding hydrogens is 248 g/mol. The van der Waals surface area contributed by atoms with Gasteiger partial charge in [-0.3, -0.25) is 4.79 Å². The highest BCUT2D eigenvalue weighted by Gasteiger charge is 2.19. The van der Waals surface area contributed by atoms with E-state index in [-0.39, 0.29) is 6.61 Å². The maximum atomic E-state index is 11.2. The number of hydrogen-bond donors (Lipinski definition) is 1. The highest BCUT2D eigenvalue weighted by atomic mass is 32.1. The van der Waals surface area contributed by atoms with E-state index >= 15 is 0 Å². The monoisotopic (exact) mass is 262 g/mol. The van der Waals surface area contributed by atoms with Crippen LogP contribution in [0, 0.1) is 0 Å². The lowest BCUT2D eigenvalue weighted by Gasteiger charge is -2.12. The molecule has 0 amide bonds. The summed E-state index contributed by atoms with van der Waals surface area (Å²) in [5.74, 6) is -1.46. The first-order valence-electron chi connectivity index (χ1n) is 5.65. The number of benzene rings is 1. The third kappa shape index (κ3) is 3.42. The fourth-order valence-electron chi connectivity index (χ4n) is 1.67. The molecule has 94 valence electrons. The molecule has 0 aliphatic heterocycles. The Hall–Kier alpha value is -1.65. The number of aliphatic carboxylic acids is 1. The molecule has 1 heterocycles.